The van der Waals surface area contributed by atoms with Gasteiger partial charge in [0, 0.05) is 12.0 Å². The van der Waals surface area contributed by atoms with Gasteiger partial charge in [0.25, 0.3) is 0 Å². The quantitative estimate of drug-likeness (QED) is 0.659. The van der Waals surface area contributed by atoms with Crippen LogP contribution < -0.4 is 5.32 Å². The van der Waals surface area contributed by atoms with E-state index in [1.165, 1.54) is 6.42 Å². The monoisotopic (exact) mass is 327 g/mol. The third-order valence-corrected chi connectivity index (χ3v) is 3.95. The number of hydrogen-bond acceptors (Lipinski definition) is 4. The van der Waals surface area contributed by atoms with E-state index >= 15 is 0 Å². The summed E-state index contributed by atoms with van der Waals surface area (Å²) in [5.41, 5.74) is 0. The van der Waals surface area contributed by atoms with Crippen molar-refractivity contribution in [2.24, 2.45) is 0 Å². The number of aliphatic hydroxyl groups excluding tert-OH is 1. The van der Waals surface area contributed by atoms with Gasteiger partial charge in [0.1, 0.15) is 16.2 Å². The van der Waals surface area contributed by atoms with Crippen molar-refractivity contribution in [3.05, 3.63) is 16.5 Å². The van der Waals surface area contributed by atoms with E-state index in [1.54, 1.807) is 0 Å². The third kappa shape index (κ3) is 4.14. The van der Waals surface area contributed by atoms with Crippen molar-refractivity contribution in [3.8, 4) is 0 Å². The molecule has 0 spiro atoms. The Labute approximate surface area is 123 Å². The topological polar surface area (TPSA) is 58.0 Å². The Hall–Kier alpha value is -0.680. The van der Waals surface area contributed by atoms with Crippen LogP contribution in [0.4, 0.5) is 5.82 Å². The lowest BCUT2D eigenvalue weighted by molar-refractivity contribution is 0.144. The smallest absolute Gasteiger partial charge is 0.134 e. The molecule has 0 saturated heterocycles. The summed E-state index contributed by atoms with van der Waals surface area (Å²) in [4.78, 5) is 8.90. The first kappa shape index (κ1) is 14.7. The minimum absolute atomic E-state index is 0.101. The van der Waals surface area contributed by atoms with Gasteiger partial charge in [-0.25, -0.2) is 9.97 Å². The van der Waals surface area contributed by atoms with Crippen molar-refractivity contribution in [1.29, 1.82) is 0 Å². The number of hydrogen-bond donors (Lipinski definition) is 2. The molecule has 4 nitrogen and oxygen atoms in total. The van der Waals surface area contributed by atoms with Crippen molar-refractivity contribution in [2.45, 2.75) is 64.0 Å². The first-order valence-corrected chi connectivity index (χ1v) is 7.84. The predicted octanol–water partition coefficient (Wildman–Crippen LogP) is 3.47. The van der Waals surface area contributed by atoms with Gasteiger partial charge in [-0.1, -0.05) is 33.1 Å². The zero-order valence-corrected chi connectivity index (χ0v) is 13.2. The normalized spacial score (nSPS) is 24.3. The summed E-state index contributed by atoms with van der Waals surface area (Å²) >= 11 is 3.42. The van der Waals surface area contributed by atoms with Gasteiger partial charge in [-0.3, -0.25) is 0 Å². The van der Waals surface area contributed by atoms with Crippen LogP contribution in [-0.4, -0.2) is 27.2 Å². The number of halogens is 1. The maximum atomic E-state index is 10.1. The van der Waals surface area contributed by atoms with Crippen LogP contribution in [0.5, 0.6) is 0 Å². The highest BCUT2D eigenvalue weighted by molar-refractivity contribution is 9.10. The number of nitrogens with zero attached hydrogens (tertiary/aromatic N) is 2. The van der Waals surface area contributed by atoms with E-state index in [9.17, 15) is 5.11 Å². The summed E-state index contributed by atoms with van der Waals surface area (Å²) < 4.78 is 0.789. The Kier molecular flexibility index (Phi) is 5.16. The Morgan fingerprint density at radius 3 is 2.74 bits per heavy atom. The van der Waals surface area contributed by atoms with Crippen molar-refractivity contribution in [1.82, 2.24) is 9.97 Å². The maximum Gasteiger partial charge on any atom is 0.134 e. The molecular formula is C14H22BrN3O. The van der Waals surface area contributed by atoms with Gasteiger partial charge < -0.3 is 10.4 Å². The highest BCUT2D eigenvalue weighted by Gasteiger charge is 2.22. The molecule has 0 radical (unpaired) electrons. The second kappa shape index (κ2) is 6.66. The molecule has 0 aromatic carbocycles. The zero-order chi connectivity index (χ0) is 13.8. The summed E-state index contributed by atoms with van der Waals surface area (Å²) in [6.07, 6.45) is 5.08. The van der Waals surface area contributed by atoms with Crippen LogP contribution in [0.25, 0.3) is 0 Å². The molecule has 5 heteroatoms. The summed E-state index contributed by atoms with van der Waals surface area (Å²) in [7, 11) is 0. The van der Waals surface area contributed by atoms with Gasteiger partial charge in [-0.05, 0) is 28.8 Å². The number of anilines is 1. The van der Waals surface area contributed by atoms with Gasteiger partial charge in [0.15, 0.2) is 0 Å². The Morgan fingerprint density at radius 2 is 2.00 bits per heavy atom. The van der Waals surface area contributed by atoms with Gasteiger partial charge in [0.2, 0.25) is 0 Å². The van der Waals surface area contributed by atoms with E-state index in [1.807, 2.05) is 6.07 Å². The molecule has 1 saturated carbocycles. The number of rotatable bonds is 3. The van der Waals surface area contributed by atoms with Gasteiger partial charge in [-0.2, -0.15) is 0 Å². The van der Waals surface area contributed by atoms with E-state index < -0.39 is 0 Å². The molecule has 2 unspecified atom stereocenters. The summed E-state index contributed by atoms with van der Waals surface area (Å²) in [6.45, 7) is 4.15. The van der Waals surface area contributed by atoms with Crippen LogP contribution in [0.1, 0.15) is 57.7 Å². The standard InChI is InChI=1S/C14H22BrN3O/c1-9(2)14-17-12(15)8-13(18-14)16-10-6-4-3-5-7-11(10)19/h8-11,19H,3-7H2,1-2H3,(H,16,17,18). The third-order valence-electron chi connectivity index (χ3n) is 3.54. The highest BCUT2D eigenvalue weighted by atomic mass is 79.9. The van der Waals surface area contributed by atoms with E-state index in [-0.39, 0.29) is 18.1 Å². The lowest BCUT2D eigenvalue weighted by atomic mass is 10.1. The average Bonchev–Trinajstić information content (AvgIpc) is 2.54. The molecule has 0 aliphatic heterocycles. The van der Waals surface area contributed by atoms with Gasteiger partial charge in [-0.15, -0.1) is 0 Å². The molecule has 2 N–H and O–H groups in total. The van der Waals surface area contributed by atoms with Crippen LogP contribution in [0.3, 0.4) is 0 Å². The second-order valence-corrected chi connectivity index (χ2v) is 6.36. The fourth-order valence-corrected chi connectivity index (χ4v) is 2.81. The summed E-state index contributed by atoms with van der Waals surface area (Å²) in [5.74, 6) is 1.91. The molecule has 2 atom stereocenters. The van der Waals surface area contributed by atoms with Crippen molar-refractivity contribution >= 4 is 21.7 Å². The van der Waals surface area contributed by atoms with Gasteiger partial charge in [0.05, 0.1) is 12.1 Å². The van der Waals surface area contributed by atoms with Gasteiger partial charge >= 0.3 is 0 Å². The first-order chi connectivity index (χ1) is 9.06. The van der Waals surface area contributed by atoms with Crippen molar-refractivity contribution in [2.75, 3.05) is 5.32 Å². The average molecular weight is 328 g/mol. The number of aliphatic hydroxyl groups is 1. The van der Waals surface area contributed by atoms with Crippen molar-refractivity contribution < 1.29 is 5.11 Å². The first-order valence-electron chi connectivity index (χ1n) is 7.05. The predicted molar refractivity (Wildman–Crippen MR) is 80.3 cm³/mol. The Bertz CT molecular complexity index is 425. The van der Waals surface area contributed by atoms with E-state index in [2.05, 4.69) is 45.1 Å². The maximum absolute atomic E-state index is 10.1. The summed E-state index contributed by atoms with van der Waals surface area (Å²) in [5, 5.41) is 13.5. The van der Waals surface area contributed by atoms with Crippen LogP contribution in [0, 0.1) is 0 Å². The van der Waals surface area contributed by atoms with Crippen LogP contribution in [0.2, 0.25) is 0 Å². The lowest BCUT2D eigenvalue weighted by Gasteiger charge is -2.22. The molecule has 0 bridgehead atoms. The van der Waals surface area contributed by atoms with E-state index in [0.717, 1.165) is 41.9 Å². The largest absolute Gasteiger partial charge is 0.391 e. The minimum Gasteiger partial charge on any atom is -0.391 e. The molecule has 2 rings (SSSR count). The van der Waals surface area contributed by atoms with Crippen molar-refractivity contribution in [3.63, 3.8) is 0 Å². The molecule has 1 aromatic rings. The molecule has 1 aliphatic carbocycles. The van der Waals surface area contributed by atoms with Crippen LogP contribution in [-0.2, 0) is 0 Å². The highest BCUT2D eigenvalue weighted by Crippen LogP contribution is 2.23. The molecule has 106 valence electrons. The second-order valence-electron chi connectivity index (χ2n) is 5.54. The minimum atomic E-state index is -0.279. The molecule has 1 aliphatic rings. The molecule has 1 fully saturated rings. The van der Waals surface area contributed by atoms with Crippen LogP contribution in [0.15, 0.2) is 10.7 Å². The molecule has 1 aromatic heterocycles. The molecule has 0 amide bonds. The number of nitrogens with one attached hydrogen (secondary N) is 1. The Balaban J connectivity index is 2.13. The fraction of sp³-hybridized carbons (Fsp3) is 0.714. The molecule has 1 heterocycles. The van der Waals surface area contributed by atoms with E-state index in [4.69, 9.17) is 0 Å². The lowest BCUT2D eigenvalue weighted by Crippen LogP contribution is -2.33. The molecule has 19 heavy (non-hydrogen) atoms. The zero-order valence-electron chi connectivity index (χ0n) is 11.6. The SMILES string of the molecule is CC(C)c1nc(Br)cc(NC2CCCCCC2O)n1. The van der Waals surface area contributed by atoms with Crippen LogP contribution >= 0.6 is 15.9 Å². The molecular weight excluding hydrogens is 306 g/mol. The Morgan fingerprint density at radius 1 is 1.26 bits per heavy atom. The fourth-order valence-electron chi connectivity index (χ4n) is 2.41. The summed E-state index contributed by atoms with van der Waals surface area (Å²) in [6, 6.07) is 1.98. The number of aromatic nitrogens is 2. The van der Waals surface area contributed by atoms with E-state index in [0.29, 0.717) is 0 Å².